The first-order chi connectivity index (χ1) is 15.9. The predicted molar refractivity (Wildman–Crippen MR) is 134 cm³/mol. The lowest BCUT2D eigenvalue weighted by atomic mass is 10.2. The van der Waals surface area contributed by atoms with Crippen molar-refractivity contribution in [1.82, 2.24) is 9.55 Å². The molecule has 0 aliphatic carbocycles. The Kier molecular flexibility index (Phi) is 6.67. The van der Waals surface area contributed by atoms with Gasteiger partial charge in [0.1, 0.15) is 10.7 Å². The van der Waals surface area contributed by atoms with E-state index < -0.39 is 17.2 Å². The van der Waals surface area contributed by atoms with Gasteiger partial charge in [0.05, 0.1) is 11.6 Å². The molecule has 0 aliphatic rings. The number of aromatic amines is 1. The van der Waals surface area contributed by atoms with E-state index in [0.29, 0.717) is 22.9 Å². The number of fused-ring (bicyclic) bond motifs is 1. The quantitative estimate of drug-likeness (QED) is 0.401. The van der Waals surface area contributed by atoms with Gasteiger partial charge in [0.2, 0.25) is 0 Å². The van der Waals surface area contributed by atoms with Crippen molar-refractivity contribution in [3.05, 3.63) is 90.9 Å². The topological polar surface area (TPSA) is 101 Å². The summed E-state index contributed by atoms with van der Waals surface area (Å²) in [4.78, 5) is 43.1. The minimum absolute atomic E-state index is 0.0429. The normalized spacial score (nSPS) is 11.1. The lowest BCUT2D eigenvalue weighted by Crippen LogP contribution is -2.40. The van der Waals surface area contributed by atoms with Crippen LogP contribution in [0.4, 0.5) is 11.5 Å². The van der Waals surface area contributed by atoms with Crippen molar-refractivity contribution in [2.24, 2.45) is 0 Å². The third-order valence-corrected chi connectivity index (χ3v) is 7.04. The second-order valence-electron chi connectivity index (χ2n) is 7.62. The number of carbonyl (C=O) groups excluding carboxylic acids is 1. The van der Waals surface area contributed by atoms with Crippen LogP contribution in [-0.2, 0) is 13.1 Å². The highest BCUT2D eigenvalue weighted by Gasteiger charge is 2.28. The summed E-state index contributed by atoms with van der Waals surface area (Å²) in [5, 5.41) is 1.09. The molecule has 4 aromatic rings. The SMILES string of the molecule is CCCCn1c(N)c(N(Cc2ccccc2)C(=O)c2sc3ccccc3c2Cl)c(=O)[nH]c1=O. The molecule has 0 spiro atoms. The van der Waals surface area contributed by atoms with Gasteiger partial charge in [-0.3, -0.25) is 24.0 Å². The number of anilines is 2. The molecule has 1 amide bonds. The smallest absolute Gasteiger partial charge is 0.330 e. The maximum absolute atomic E-state index is 13.8. The van der Waals surface area contributed by atoms with Gasteiger partial charge >= 0.3 is 5.69 Å². The number of thiophene rings is 1. The van der Waals surface area contributed by atoms with Gasteiger partial charge in [0, 0.05) is 16.6 Å². The van der Waals surface area contributed by atoms with Crippen LogP contribution in [0.25, 0.3) is 10.1 Å². The van der Waals surface area contributed by atoms with Crippen molar-refractivity contribution >= 4 is 50.4 Å². The maximum Gasteiger partial charge on any atom is 0.330 e. The van der Waals surface area contributed by atoms with E-state index in [2.05, 4.69) is 4.98 Å². The number of nitrogen functional groups attached to an aromatic ring is 1. The Hall–Kier alpha value is -3.36. The zero-order valence-corrected chi connectivity index (χ0v) is 19.6. The predicted octanol–water partition coefficient (Wildman–Crippen LogP) is 4.63. The molecule has 0 atom stereocenters. The van der Waals surface area contributed by atoms with Gasteiger partial charge in [-0.2, -0.15) is 0 Å². The molecule has 0 aliphatic heterocycles. The minimum atomic E-state index is -0.716. The number of unbranched alkanes of at least 4 members (excludes halogenated alkanes) is 1. The Morgan fingerprint density at radius 1 is 1.12 bits per heavy atom. The number of rotatable bonds is 7. The number of nitrogens with zero attached hydrogens (tertiary/aromatic N) is 2. The molecule has 2 heterocycles. The molecule has 0 unspecified atom stereocenters. The fraction of sp³-hybridized carbons (Fsp3) is 0.208. The van der Waals surface area contributed by atoms with E-state index in [-0.39, 0.29) is 18.1 Å². The lowest BCUT2D eigenvalue weighted by molar-refractivity contribution is 0.0989. The molecule has 0 saturated carbocycles. The first kappa shape index (κ1) is 22.8. The molecule has 0 bridgehead atoms. The van der Waals surface area contributed by atoms with Gasteiger partial charge in [-0.25, -0.2) is 4.79 Å². The Balaban J connectivity index is 1.89. The van der Waals surface area contributed by atoms with Crippen molar-refractivity contribution in [3.8, 4) is 0 Å². The van der Waals surface area contributed by atoms with E-state index in [1.54, 1.807) is 0 Å². The van der Waals surface area contributed by atoms with Crippen LogP contribution in [0.2, 0.25) is 5.02 Å². The summed E-state index contributed by atoms with van der Waals surface area (Å²) in [6.07, 6.45) is 1.54. The van der Waals surface area contributed by atoms with Crippen LogP contribution in [0.15, 0.2) is 64.2 Å². The van der Waals surface area contributed by atoms with Crippen LogP contribution < -0.4 is 21.9 Å². The summed E-state index contributed by atoms with van der Waals surface area (Å²) in [6, 6.07) is 16.7. The van der Waals surface area contributed by atoms with Crippen molar-refractivity contribution < 1.29 is 4.79 Å². The van der Waals surface area contributed by atoms with Crippen molar-refractivity contribution in [3.63, 3.8) is 0 Å². The molecule has 0 fully saturated rings. The number of benzene rings is 2. The number of amides is 1. The average molecular weight is 483 g/mol. The molecular formula is C24H23ClN4O3S. The molecule has 170 valence electrons. The Labute approximate surface area is 199 Å². The van der Waals surface area contributed by atoms with Crippen LogP contribution in [-0.4, -0.2) is 15.5 Å². The van der Waals surface area contributed by atoms with E-state index >= 15 is 0 Å². The van der Waals surface area contributed by atoms with Gasteiger partial charge in [0.25, 0.3) is 11.5 Å². The van der Waals surface area contributed by atoms with Gasteiger partial charge in [-0.1, -0.05) is 73.5 Å². The van der Waals surface area contributed by atoms with Crippen LogP contribution in [0, 0.1) is 0 Å². The zero-order valence-electron chi connectivity index (χ0n) is 18.0. The third-order valence-electron chi connectivity index (χ3n) is 5.38. The first-order valence-electron chi connectivity index (χ1n) is 10.6. The molecule has 2 aromatic heterocycles. The molecule has 0 saturated heterocycles. The van der Waals surface area contributed by atoms with Gasteiger partial charge in [0.15, 0.2) is 5.69 Å². The standard InChI is InChI=1S/C24H23ClN4O3S/c1-2-3-13-28-21(26)19(22(30)27-24(28)32)29(14-15-9-5-4-6-10-15)23(31)20-18(25)16-11-7-8-12-17(16)33-20/h4-12H,2-3,13-14,26H2,1H3,(H,27,30,32). The third kappa shape index (κ3) is 4.44. The van der Waals surface area contributed by atoms with E-state index in [1.807, 2.05) is 61.5 Å². The van der Waals surface area contributed by atoms with Crippen molar-refractivity contribution in [1.29, 1.82) is 0 Å². The zero-order chi connectivity index (χ0) is 23.5. The number of nitrogens with one attached hydrogen (secondary N) is 1. The second-order valence-corrected chi connectivity index (χ2v) is 9.05. The maximum atomic E-state index is 13.8. The summed E-state index contributed by atoms with van der Waals surface area (Å²) in [5.74, 6) is -0.498. The highest BCUT2D eigenvalue weighted by molar-refractivity contribution is 7.21. The van der Waals surface area contributed by atoms with E-state index in [0.717, 1.165) is 22.1 Å². The number of hydrogen-bond acceptors (Lipinski definition) is 5. The molecule has 33 heavy (non-hydrogen) atoms. The molecule has 0 radical (unpaired) electrons. The van der Waals surface area contributed by atoms with E-state index in [4.69, 9.17) is 17.3 Å². The molecule has 7 nitrogen and oxygen atoms in total. The molecule has 2 aromatic carbocycles. The summed E-state index contributed by atoms with van der Waals surface area (Å²) in [6.45, 7) is 2.41. The van der Waals surface area contributed by atoms with Crippen molar-refractivity contribution in [2.75, 3.05) is 10.6 Å². The Bertz CT molecular complexity index is 1430. The average Bonchev–Trinajstić information content (AvgIpc) is 3.15. The summed E-state index contributed by atoms with van der Waals surface area (Å²) in [7, 11) is 0. The fourth-order valence-corrected chi connectivity index (χ4v) is 5.13. The first-order valence-corrected chi connectivity index (χ1v) is 11.8. The van der Waals surface area contributed by atoms with Gasteiger partial charge in [-0.05, 0) is 18.1 Å². The van der Waals surface area contributed by atoms with Crippen LogP contribution in [0.1, 0.15) is 35.0 Å². The summed E-state index contributed by atoms with van der Waals surface area (Å²) < 4.78 is 2.17. The molecule has 4 rings (SSSR count). The number of H-pyrrole nitrogens is 1. The lowest BCUT2D eigenvalue weighted by Gasteiger charge is -2.24. The van der Waals surface area contributed by atoms with E-state index in [9.17, 15) is 14.4 Å². The number of carbonyl (C=O) groups is 1. The van der Waals surface area contributed by atoms with Gasteiger partial charge < -0.3 is 5.73 Å². The number of nitrogens with two attached hydrogens (primary N) is 1. The highest BCUT2D eigenvalue weighted by atomic mass is 35.5. The number of hydrogen-bond donors (Lipinski definition) is 2. The van der Waals surface area contributed by atoms with Crippen molar-refractivity contribution in [2.45, 2.75) is 32.9 Å². The highest BCUT2D eigenvalue weighted by Crippen LogP contribution is 2.37. The molecule has 9 heteroatoms. The second kappa shape index (κ2) is 9.64. The summed E-state index contributed by atoms with van der Waals surface area (Å²) in [5.41, 5.74) is 5.75. The minimum Gasteiger partial charge on any atom is -0.383 e. The Morgan fingerprint density at radius 2 is 1.82 bits per heavy atom. The van der Waals surface area contributed by atoms with E-state index in [1.165, 1.54) is 20.8 Å². The largest absolute Gasteiger partial charge is 0.383 e. The molecule has 3 N–H and O–H groups in total. The number of aromatic nitrogens is 2. The molecular weight excluding hydrogens is 460 g/mol. The fourth-order valence-electron chi connectivity index (χ4n) is 3.67. The monoisotopic (exact) mass is 482 g/mol. The van der Waals surface area contributed by atoms with Crippen LogP contribution in [0.5, 0.6) is 0 Å². The number of halogens is 1. The summed E-state index contributed by atoms with van der Waals surface area (Å²) >= 11 is 7.84. The van der Waals surface area contributed by atoms with Gasteiger partial charge in [-0.15, -0.1) is 11.3 Å². The van der Waals surface area contributed by atoms with Crippen LogP contribution in [0.3, 0.4) is 0 Å². The van der Waals surface area contributed by atoms with Crippen LogP contribution >= 0.6 is 22.9 Å². The Morgan fingerprint density at radius 3 is 2.52 bits per heavy atom.